The number of carbonyl (C=O) groups is 1. The van der Waals surface area contributed by atoms with Crippen molar-refractivity contribution in [2.75, 3.05) is 7.11 Å². The van der Waals surface area contributed by atoms with Crippen LogP contribution in [0.15, 0.2) is 47.1 Å². The van der Waals surface area contributed by atoms with Gasteiger partial charge >= 0.3 is 0 Å². The number of fused-ring (bicyclic) bond motifs is 1. The highest BCUT2D eigenvalue weighted by Crippen LogP contribution is 2.30. The molecule has 3 nitrogen and oxygen atoms in total. The van der Waals surface area contributed by atoms with Gasteiger partial charge in [-0.3, -0.25) is 4.79 Å². The van der Waals surface area contributed by atoms with Crippen molar-refractivity contribution in [3.63, 3.8) is 0 Å². The first-order valence-electron chi connectivity index (χ1n) is 6.56. The number of rotatable bonds is 3. The van der Waals surface area contributed by atoms with Crippen LogP contribution in [0.4, 0.5) is 0 Å². The minimum atomic E-state index is -0.0218. The first-order valence-corrected chi connectivity index (χ1v) is 7.36. The van der Waals surface area contributed by atoms with Crippen molar-refractivity contribution in [2.45, 2.75) is 6.92 Å². The van der Waals surface area contributed by atoms with E-state index in [1.54, 1.807) is 13.3 Å². The van der Waals surface area contributed by atoms with Gasteiger partial charge in [0.25, 0.3) is 0 Å². The Morgan fingerprint density at radius 3 is 2.76 bits per heavy atom. The molecular weight excluding hydrogens is 330 g/mol. The van der Waals surface area contributed by atoms with E-state index in [1.807, 2.05) is 43.3 Å². The maximum Gasteiger partial charge on any atom is 0.195 e. The van der Waals surface area contributed by atoms with Gasteiger partial charge in [0.05, 0.1) is 18.1 Å². The smallest absolute Gasteiger partial charge is 0.195 e. The van der Waals surface area contributed by atoms with Gasteiger partial charge in [-0.25, -0.2) is 0 Å². The third-order valence-corrected chi connectivity index (χ3v) is 4.42. The van der Waals surface area contributed by atoms with Crippen LogP contribution < -0.4 is 4.74 Å². The fraction of sp³-hybridized carbons (Fsp3) is 0.118. The van der Waals surface area contributed by atoms with Gasteiger partial charge in [-0.05, 0) is 30.7 Å². The third-order valence-electron chi connectivity index (χ3n) is 3.57. The molecule has 1 heterocycles. The summed E-state index contributed by atoms with van der Waals surface area (Å²) in [5, 5.41) is 0.821. The Morgan fingerprint density at radius 2 is 2.05 bits per heavy atom. The van der Waals surface area contributed by atoms with E-state index in [4.69, 9.17) is 4.74 Å². The summed E-state index contributed by atoms with van der Waals surface area (Å²) in [5.41, 5.74) is 3.27. The van der Waals surface area contributed by atoms with Crippen LogP contribution in [0.5, 0.6) is 5.75 Å². The molecule has 0 aliphatic rings. The fourth-order valence-electron chi connectivity index (χ4n) is 2.39. The zero-order chi connectivity index (χ0) is 15.0. The zero-order valence-electron chi connectivity index (χ0n) is 11.7. The summed E-state index contributed by atoms with van der Waals surface area (Å²) < 4.78 is 6.30. The average Bonchev–Trinajstić information content (AvgIpc) is 2.93. The minimum Gasteiger partial charge on any atom is -0.496 e. The predicted octanol–water partition coefficient (Wildman–Crippen LogP) is 4.48. The molecule has 0 spiro atoms. The van der Waals surface area contributed by atoms with Gasteiger partial charge in [-0.15, -0.1) is 0 Å². The maximum atomic E-state index is 12.8. The van der Waals surface area contributed by atoms with E-state index in [1.165, 1.54) is 0 Å². The number of nitrogens with one attached hydrogen (secondary N) is 1. The van der Waals surface area contributed by atoms with Crippen molar-refractivity contribution in [1.29, 1.82) is 0 Å². The van der Waals surface area contributed by atoms with E-state index >= 15 is 0 Å². The Morgan fingerprint density at radius 1 is 1.24 bits per heavy atom. The van der Waals surface area contributed by atoms with Gasteiger partial charge in [0.15, 0.2) is 5.78 Å². The number of aromatic nitrogens is 1. The summed E-state index contributed by atoms with van der Waals surface area (Å²) in [4.78, 5) is 15.9. The van der Waals surface area contributed by atoms with E-state index in [2.05, 4.69) is 20.9 Å². The molecule has 1 aromatic heterocycles. The molecule has 1 N–H and O–H groups in total. The van der Waals surface area contributed by atoms with Crippen LogP contribution in [0.25, 0.3) is 10.9 Å². The summed E-state index contributed by atoms with van der Waals surface area (Å²) in [6.07, 6.45) is 1.74. The number of methoxy groups -OCH3 is 1. The van der Waals surface area contributed by atoms with E-state index in [-0.39, 0.29) is 5.78 Å². The molecule has 2 aromatic carbocycles. The molecule has 0 fully saturated rings. The average molecular weight is 344 g/mol. The van der Waals surface area contributed by atoms with Crippen LogP contribution in [0.2, 0.25) is 0 Å². The van der Waals surface area contributed by atoms with Gasteiger partial charge in [0, 0.05) is 21.7 Å². The normalized spacial score (nSPS) is 10.8. The standard InChI is InChI=1S/C17H14BrNO2/c1-10-6-7-11(8-13(10)18)17(20)12-9-19-14-4-3-5-15(21-2)16(12)14/h3-9,19H,1-2H3. The molecule has 0 radical (unpaired) electrons. The van der Waals surface area contributed by atoms with Gasteiger partial charge in [-0.2, -0.15) is 0 Å². The fourth-order valence-corrected chi connectivity index (χ4v) is 2.77. The lowest BCUT2D eigenvalue weighted by atomic mass is 10.0. The highest BCUT2D eigenvalue weighted by atomic mass is 79.9. The third kappa shape index (κ3) is 2.36. The molecule has 0 atom stereocenters. The Bertz CT molecular complexity index is 836. The van der Waals surface area contributed by atoms with Crippen LogP contribution >= 0.6 is 15.9 Å². The Hall–Kier alpha value is -2.07. The van der Waals surface area contributed by atoms with Crippen LogP contribution in [-0.4, -0.2) is 17.9 Å². The van der Waals surface area contributed by atoms with Crippen LogP contribution in [-0.2, 0) is 0 Å². The molecule has 21 heavy (non-hydrogen) atoms. The first kappa shape index (κ1) is 13.9. The number of H-pyrrole nitrogens is 1. The van der Waals surface area contributed by atoms with Gasteiger partial charge in [0.1, 0.15) is 5.75 Å². The molecule has 4 heteroatoms. The lowest BCUT2D eigenvalue weighted by Gasteiger charge is -2.06. The number of ketones is 1. The summed E-state index contributed by atoms with van der Waals surface area (Å²) in [6, 6.07) is 11.3. The molecule has 0 unspecified atom stereocenters. The maximum absolute atomic E-state index is 12.8. The van der Waals surface area contributed by atoms with Crippen molar-refractivity contribution in [3.8, 4) is 5.75 Å². The predicted molar refractivity (Wildman–Crippen MR) is 87.2 cm³/mol. The molecule has 3 rings (SSSR count). The van der Waals surface area contributed by atoms with Gasteiger partial charge in [0.2, 0.25) is 0 Å². The largest absolute Gasteiger partial charge is 0.496 e. The van der Waals surface area contributed by atoms with Gasteiger partial charge < -0.3 is 9.72 Å². The second-order valence-electron chi connectivity index (χ2n) is 4.88. The number of aryl methyl sites for hydroxylation is 1. The van der Waals surface area contributed by atoms with Crippen molar-refractivity contribution >= 4 is 32.6 Å². The van der Waals surface area contributed by atoms with E-state index in [0.29, 0.717) is 16.9 Å². The molecule has 0 aliphatic carbocycles. The number of hydrogen-bond acceptors (Lipinski definition) is 2. The van der Waals surface area contributed by atoms with Crippen molar-refractivity contribution < 1.29 is 9.53 Å². The lowest BCUT2D eigenvalue weighted by Crippen LogP contribution is -2.01. The SMILES string of the molecule is COc1cccc2[nH]cc(C(=O)c3ccc(C)c(Br)c3)c12. The Labute approximate surface area is 131 Å². The zero-order valence-corrected chi connectivity index (χ0v) is 13.3. The van der Waals surface area contributed by atoms with E-state index in [9.17, 15) is 4.79 Å². The molecule has 0 amide bonds. The highest BCUT2D eigenvalue weighted by molar-refractivity contribution is 9.10. The van der Waals surface area contributed by atoms with E-state index in [0.717, 1.165) is 20.9 Å². The highest BCUT2D eigenvalue weighted by Gasteiger charge is 2.17. The second kappa shape index (κ2) is 5.37. The van der Waals surface area contributed by atoms with Crippen molar-refractivity contribution in [3.05, 3.63) is 63.8 Å². The number of hydrogen-bond donors (Lipinski definition) is 1. The minimum absolute atomic E-state index is 0.0218. The van der Waals surface area contributed by atoms with Crippen molar-refractivity contribution in [2.24, 2.45) is 0 Å². The van der Waals surface area contributed by atoms with Crippen LogP contribution in [0.3, 0.4) is 0 Å². The van der Waals surface area contributed by atoms with Crippen LogP contribution in [0.1, 0.15) is 21.5 Å². The topological polar surface area (TPSA) is 42.1 Å². The second-order valence-corrected chi connectivity index (χ2v) is 5.73. The van der Waals surface area contributed by atoms with Gasteiger partial charge in [-0.1, -0.05) is 34.1 Å². The number of ether oxygens (including phenoxy) is 1. The molecule has 0 saturated heterocycles. The quantitative estimate of drug-likeness (QED) is 0.712. The number of carbonyl (C=O) groups excluding carboxylic acids is 1. The summed E-state index contributed by atoms with van der Waals surface area (Å²) in [7, 11) is 1.61. The summed E-state index contributed by atoms with van der Waals surface area (Å²) >= 11 is 3.47. The number of aromatic amines is 1. The molecule has 106 valence electrons. The molecular formula is C17H14BrNO2. The van der Waals surface area contributed by atoms with Crippen molar-refractivity contribution in [1.82, 2.24) is 4.98 Å². The number of halogens is 1. The Balaban J connectivity index is 2.15. The first-order chi connectivity index (χ1) is 10.1. The lowest BCUT2D eigenvalue weighted by molar-refractivity contribution is 0.104. The Kier molecular flexibility index (Phi) is 3.55. The summed E-state index contributed by atoms with van der Waals surface area (Å²) in [5.74, 6) is 0.676. The molecule has 3 aromatic rings. The summed E-state index contributed by atoms with van der Waals surface area (Å²) in [6.45, 7) is 1.99. The monoisotopic (exact) mass is 343 g/mol. The molecule has 0 saturated carbocycles. The van der Waals surface area contributed by atoms with Crippen LogP contribution in [0, 0.1) is 6.92 Å². The molecule has 0 aliphatic heterocycles. The molecule has 0 bridgehead atoms. The number of benzene rings is 2. The van der Waals surface area contributed by atoms with E-state index < -0.39 is 0 Å².